The first-order valence-corrected chi connectivity index (χ1v) is 10.1. The van der Waals surface area contributed by atoms with Crippen molar-refractivity contribution < 1.29 is 9.90 Å². The van der Waals surface area contributed by atoms with E-state index in [-0.39, 0.29) is 0 Å². The molecule has 1 N–H and O–H groups in total. The highest BCUT2D eigenvalue weighted by molar-refractivity contribution is 7.14. The molecule has 0 aliphatic carbocycles. The number of nitrogens with zero attached hydrogens (tertiary/aromatic N) is 2. The topological polar surface area (TPSA) is 53.4 Å². The standard InChI is InChI=1S/C18H24N2O2S2/c1-11(2)15-10-23-17(19-15)13-5-4-6-20(8-13)9-14-7-16(18(21)22)24-12(14)3/h7,10-11,13H,4-6,8-9H2,1-3H3,(H,21,22)/t13-/m0/s1. The number of likely N-dealkylation sites (tertiary alicyclic amines) is 1. The molecule has 3 rings (SSSR count). The molecule has 1 saturated heterocycles. The minimum atomic E-state index is -0.824. The third kappa shape index (κ3) is 3.87. The van der Waals surface area contributed by atoms with Crippen molar-refractivity contribution in [3.63, 3.8) is 0 Å². The van der Waals surface area contributed by atoms with Gasteiger partial charge in [-0.3, -0.25) is 4.90 Å². The Balaban J connectivity index is 1.68. The predicted octanol–water partition coefficient (Wildman–Crippen LogP) is 4.71. The average Bonchev–Trinajstić information content (AvgIpc) is 3.16. The molecule has 2 aromatic rings. The number of carboxylic acid groups (broad SMARTS) is 1. The monoisotopic (exact) mass is 364 g/mol. The Hall–Kier alpha value is -1.24. The summed E-state index contributed by atoms with van der Waals surface area (Å²) in [7, 11) is 0. The maximum absolute atomic E-state index is 11.1. The second-order valence-electron chi connectivity index (χ2n) is 6.84. The quantitative estimate of drug-likeness (QED) is 0.834. The van der Waals surface area contributed by atoms with Gasteiger partial charge in [0.25, 0.3) is 0 Å². The summed E-state index contributed by atoms with van der Waals surface area (Å²) < 4.78 is 0. The lowest BCUT2D eigenvalue weighted by molar-refractivity contribution is 0.0702. The van der Waals surface area contributed by atoms with Gasteiger partial charge in [-0.2, -0.15) is 0 Å². The molecule has 0 aromatic carbocycles. The molecule has 3 heterocycles. The van der Waals surface area contributed by atoms with Crippen LogP contribution >= 0.6 is 22.7 Å². The minimum absolute atomic E-state index is 0.442. The maximum atomic E-state index is 11.1. The molecule has 1 aliphatic rings. The van der Waals surface area contributed by atoms with E-state index in [1.54, 1.807) is 11.3 Å². The summed E-state index contributed by atoms with van der Waals surface area (Å²) in [4.78, 5) is 20.0. The highest BCUT2D eigenvalue weighted by Crippen LogP contribution is 2.32. The van der Waals surface area contributed by atoms with Crippen LogP contribution in [0.15, 0.2) is 11.4 Å². The molecular formula is C18H24N2O2S2. The Morgan fingerprint density at radius 1 is 1.50 bits per heavy atom. The highest BCUT2D eigenvalue weighted by Gasteiger charge is 2.25. The number of piperidine rings is 1. The lowest BCUT2D eigenvalue weighted by Crippen LogP contribution is -2.33. The molecule has 1 fully saturated rings. The molecular weight excluding hydrogens is 340 g/mol. The van der Waals surface area contributed by atoms with E-state index in [4.69, 9.17) is 10.1 Å². The van der Waals surface area contributed by atoms with Gasteiger partial charge in [-0.1, -0.05) is 13.8 Å². The minimum Gasteiger partial charge on any atom is -0.477 e. The van der Waals surface area contributed by atoms with E-state index in [0.717, 1.165) is 30.1 Å². The first-order chi connectivity index (χ1) is 11.4. The summed E-state index contributed by atoms with van der Waals surface area (Å²) in [6, 6.07) is 1.84. The van der Waals surface area contributed by atoms with Crippen LogP contribution in [0.1, 0.15) is 69.3 Å². The number of hydrogen-bond acceptors (Lipinski definition) is 5. The Morgan fingerprint density at radius 2 is 2.29 bits per heavy atom. The fraction of sp³-hybridized carbons (Fsp3) is 0.556. The van der Waals surface area contributed by atoms with Crippen molar-refractivity contribution in [2.45, 2.75) is 52.0 Å². The van der Waals surface area contributed by atoms with E-state index in [0.29, 0.717) is 16.7 Å². The van der Waals surface area contributed by atoms with E-state index in [9.17, 15) is 4.79 Å². The second-order valence-corrected chi connectivity index (χ2v) is 8.98. The van der Waals surface area contributed by atoms with Gasteiger partial charge in [0.15, 0.2) is 0 Å². The van der Waals surface area contributed by atoms with Crippen LogP contribution in [0.5, 0.6) is 0 Å². The van der Waals surface area contributed by atoms with E-state index >= 15 is 0 Å². The number of thiazole rings is 1. The Morgan fingerprint density at radius 3 is 2.92 bits per heavy atom. The number of carbonyl (C=O) groups is 1. The van der Waals surface area contributed by atoms with Gasteiger partial charge in [0.05, 0.1) is 10.7 Å². The third-order valence-electron chi connectivity index (χ3n) is 4.61. The molecule has 24 heavy (non-hydrogen) atoms. The summed E-state index contributed by atoms with van der Waals surface area (Å²) in [5, 5.41) is 12.6. The molecule has 6 heteroatoms. The number of aromatic carboxylic acids is 1. The SMILES string of the molecule is Cc1sc(C(=O)O)cc1CN1CCC[C@H](c2nc(C(C)C)cs2)C1. The van der Waals surface area contributed by atoms with Crippen molar-refractivity contribution in [3.8, 4) is 0 Å². The van der Waals surface area contributed by atoms with Gasteiger partial charge in [0.1, 0.15) is 4.88 Å². The average molecular weight is 365 g/mol. The maximum Gasteiger partial charge on any atom is 0.345 e. The van der Waals surface area contributed by atoms with Crippen LogP contribution in [-0.4, -0.2) is 34.0 Å². The number of carboxylic acids is 1. The van der Waals surface area contributed by atoms with Crippen LogP contribution in [0.2, 0.25) is 0 Å². The fourth-order valence-corrected chi connectivity index (χ4v) is 5.16. The van der Waals surface area contributed by atoms with Crippen LogP contribution < -0.4 is 0 Å². The highest BCUT2D eigenvalue weighted by atomic mass is 32.1. The summed E-state index contributed by atoms with van der Waals surface area (Å²) >= 11 is 3.17. The predicted molar refractivity (Wildman–Crippen MR) is 99.5 cm³/mol. The van der Waals surface area contributed by atoms with Crippen molar-refractivity contribution >= 4 is 28.6 Å². The zero-order valence-corrected chi connectivity index (χ0v) is 16.0. The molecule has 0 spiro atoms. The largest absolute Gasteiger partial charge is 0.477 e. The number of aromatic nitrogens is 1. The van der Waals surface area contributed by atoms with Gasteiger partial charge in [-0.25, -0.2) is 9.78 Å². The van der Waals surface area contributed by atoms with Crippen molar-refractivity contribution in [2.75, 3.05) is 13.1 Å². The lowest BCUT2D eigenvalue weighted by Gasteiger charge is -2.31. The summed E-state index contributed by atoms with van der Waals surface area (Å²) in [5.41, 5.74) is 2.35. The molecule has 1 aliphatic heterocycles. The van der Waals surface area contributed by atoms with Gasteiger partial charge in [0.2, 0.25) is 0 Å². The van der Waals surface area contributed by atoms with Gasteiger partial charge >= 0.3 is 5.97 Å². The Labute approximate surface area is 151 Å². The van der Waals surface area contributed by atoms with Crippen molar-refractivity contribution in [3.05, 3.63) is 37.5 Å². The van der Waals surface area contributed by atoms with Crippen LogP contribution in [-0.2, 0) is 6.54 Å². The van der Waals surface area contributed by atoms with Crippen LogP contribution in [0.3, 0.4) is 0 Å². The second kappa shape index (κ2) is 7.33. The third-order valence-corrected chi connectivity index (χ3v) is 6.72. The smallest absolute Gasteiger partial charge is 0.345 e. The van der Waals surface area contributed by atoms with E-state index in [2.05, 4.69) is 24.1 Å². The van der Waals surface area contributed by atoms with Crippen LogP contribution in [0.4, 0.5) is 0 Å². The zero-order valence-electron chi connectivity index (χ0n) is 14.4. The van der Waals surface area contributed by atoms with E-state index in [1.165, 1.54) is 34.9 Å². The summed E-state index contributed by atoms with van der Waals surface area (Å²) in [5.74, 6) is 0.168. The van der Waals surface area contributed by atoms with Crippen LogP contribution in [0, 0.1) is 6.92 Å². The summed E-state index contributed by atoms with van der Waals surface area (Å²) in [6.45, 7) is 9.33. The van der Waals surface area contributed by atoms with Crippen molar-refractivity contribution in [2.24, 2.45) is 0 Å². The molecule has 0 bridgehead atoms. The zero-order chi connectivity index (χ0) is 17.3. The van der Waals surface area contributed by atoms with Gasteiger partial charge < -0.3 is 5.11 Å². The van der Waals surface area contributed by atoms with E-state index in [1.807, 2.05) is 13.0 Å². The molecule has 0 saturated carbocycles. The first-order valence-electron chi connectivity index (χ1n) is 8.44. The van der Waals surface area contributed by atoms with Crippen molar-refractivity contribution in [1.29, 1.82) is 0 Å². The Kier molecular flexibility index (Phi) is 5.37. The van der Waals surface area contributed by atoms with Gasteiger partial charge in [0, 0.05) is 29.3 Å². The van der Waals surface area contributed by atoms with Gasteiger partial charge in [-0.15, -0.1) is 22.7 Å². The molecule has 2 aromatic heterocycles. The number of thiophene rings is 1. The molecule has 1 atom stereocenters. The normalized spacial score (nSPS) is 19.1. The van der Waals surface area contributed by atoms with Crippen molar-refractivity contribution in [1.82, 2.24) is 9.88 Å². The van der Waals surface area contributed by atoms with Crippen LogP contribution in [0.25, 0.3) is 0 Å². The first kappa shape index (κ1) is 17.6. The molecule has 130 valence electrons. The molecule has 4 nitrogen and oxygen atoms in total. The Bertz CT molecular complexity index is 720. The lowest BCUT2D eigenvalue weighted by atomic mass is 9.98. The fourth-order valence-electron chi connectivity index (χ4n) is 3.18. The number of aryl methyl sites for hydroxylation is 1. The van der Waals surface area contributed by atoms with E-state index < -0.39 is 5.97 Å². The summed E-state index contributed by atoms with van der Waals surface area (Å²) in [6.07, 6.45) is 2.38. The molecule has 0 amide bonds. The number of rotatable bonds is 5. The number of hydrogen-bond donors (Lipinski definition) is 1. The molecule has 0 unspecified atom stereocenters. The van der Waals surface area contributed by atoms with Gasteiger partial charge in [-0.05, 0) is 43.9 Å². The molecule has 0 radical (unpaired) electrons.